The fraction of sp³-hybridized carbons (Fsp3) is 0.421. The quantitative estimate of drug-likeness (QED) is 0.174. The third-order valence-corrected chi connectivity index (χ3v) is 10.2. The number of aromatic nitrogens is 4. The molecule has 14 heteroatoms. The Morgan fingerprint density at radius 1 is 0.577 bits per heavy atom. The van der Waals surface area contributed by atoms with Gasteiger partial charge >= 0.3 is 23.9 Å². The van der Waals surface area contributed by atoms with Crippen molar-refractivity contribution in [1.82, 2.24) is 19.9 Å². The second-order valence-electron chi connectivity index (χ2n) is 13.2. The number of aryl methyl sites for hydroxylation is 2. The molecule has 0 amide bonds. The van der Waals surface area contributed by atoms with E-state index in [-0.39, 0.29) is 49.9 Å². The van der Waals surface area contributed by atoms with Gasteiger partial charge in [-0.15, -0.1) is 0 Å². The Morgan fingerprint density at radius 2 is 0.962 bits per heavy atom. The van der Waals surface area contributed by atoms with E-state index in [2.05, 4.69) is 9.97 Å². The van der Waals surface area contributed by atoms with Crippen LogP contribution in [0, 0.1) is 0 Å². The molecule has 0 fully saturated rings. The first-order valence-electron chi connectivity index (χ1n) is 16.7. The average Bonchev–Trinajstić information content (AvgIpc) is 3.74. The van der Waals surface area contributed by atoms with Crippen molar-refractivity contribution in [3.05, 3.63) is 69.3 Å². The standard InChI is InChI=1S/C38H44N4O10/c1-19-20(2)26-17-31-37(3,47)38(4,48)32(42-31)18-30-24(14-36(46)52-8)22(10-12-34(44)50-6)28(41-30)16-27-21(9-11-33(43)49-5)23(13-35(45)51-7)29(40-27)15-25(19)39-26/h15-18,40-41,47-48H,9-14H2,1-8H3. The molecule has 0 radical (unpaired) electrons. The molecule has 2 atom stereocenters. The first-order valence-corrected chi connectivity index (χ1v) is 16.7. The van der Waals surface area contributed by atoms with E-state index in [1.54, 1.807) is 24.3 Å². The molecule has 276 valence electrons. The van der Waals surface area contributed by atoms with Crippen molar-refractivity contribution in [1.29, 1.82) is 0 Å². The van der Waals surface area contributed by atoms with Gasteiger partial charge in [0, 0.05) is 34.9 Å². The number of nitrogens with one attached hydrogen (secondary N) is 2. The summed E-state index contributed by atoms with van der Waals surface area (Å²) in [7, 11) is 5.14. The van der Waals surface area contributed by atoms with Crippen molar-refractivity contribution in [3.63, 3.8) is 0 Å². The minimum atomic E-state index is -1.88. The van der Waals surface area contributed by atoms with E-state index in [4.69, 9.17) is 28.9 Å². The van der Waals surface area contributed by atoms with Crippen molar-refractivity contribution in [3.8, 4) is 0 Å². The predicted octanol–water partition coefficient (Wildman–Crippen LogP) is 4.02. The van der Waals surface area contributed by atoms with Gasteiger partial charge in [-0.2, -0.15) is 0 Å². The molecule has 2 aliphatic heterocycles. The normalized spacial score (nSPS) is 18.3. The van der Waals surface area contributed by atoms with Crippen LogP contribution in [0.2, 0.25) is 0 Å². The largest absolute Gasteiger partial charge is 0.469 e. The number of aliphatic hydroxyl groups is 2. The summed E-state index contributed by atoms with van der Waals surface area (Å²) in [5.41, 5.74) is 3.53. The third-order valence-electron chi connectivity index (χ3n) is 10.2. The molecule has 0 spiro atoms. The highest BCUT2D eigenvalue weighted by molar-refractivity contribution is 5.92. The average molecular weight is 717 g/mol. The number of carbonyl (C=O) groups excluding carboxylic acids is 4. The van der Waals surface area contributed by atoms with Crippen molar-refractivity contribution >= 4 is 57.1 Å². The van der Waals surface area contributed by atoms with Crippen LogP contribution in [0.4, 0.5) is 0 Å². The lowest BCUT2D eigenvalue weighted by molar-refractivity contribution is -0.141. The first-order chi connectivity index (χ1) is 24.6. The Hall–Kier alpha value is -5.34. The van der Waals surface area contributed by atoms with Gasteiger partial charge in [-0.3, -0.25) is 24.2 Å². The van der Waals surface area contributed by atoms with E-state index < -0.39 is 35.1 Å². The Morgan fingerprint density at radius 3 is 1.40 bits per heavy atom. The molecule has 5 heterocycles. The molecule has 14 nitrogen and oxygen atoms in total. The lowest BCUT2D eigenvalue weighted by Crippen LogP contribution is -2.41. The number of allylic oxidation sites excluding steroid dienone is 2. The molecule has 0 aliphatic carbocycles. The summed E-state index contributed by atoms with van der Waals surface area (Å²) in [5, 5.41) is 23.5. The Kier molecular flexibility index (Phi) is 10.7. The molecular weight excluding hydrogens is 672 g/mol. The molecule has 2 aliphatic rings. The lowest BCUT2D eigenvalue weighted by Gasteiger charge is -2.31. The van der Waals surface area contributed by atoms with E-state index in [9.17, 15) is 29.4 Å². The number of H-pyrrole nitrogens is 2. The summed E-state index contributed by atoms with van der Waals surface area (Å²) in [6.07, 6.45) is -0.0117. The fourth-order valence-electron chi connectivity index (χ4n) is 6.50. The Labute approximate surface area is 300 Å². The molecule has 5 rings (SSSR count). The number of esters is 4. The van der Waals surface area contributed by atoms with Crippen LogP contribution in [0.15, 0.2) is 24.3 Å². The molecular formula is C38H44N4O10. The topological polar surface area (TPSA) is 203 Å². The maximum absolute atomic E-state index is 12.8. The SMILES string of the molecule is COC(=O)CCc1c(CC(=O)OC)c2cc3nc(cc4nc(cc5[nH]c(cc1[nH]2)c(CCC(=O)OC)c5CC(=O)OC)C(C)(O)C4(C)O)C(C)=C3C. The monoisotopic (exact) mass is 716 g/mol. The minimum absolute atomic E-state index is 0.00860. The zero-order chi connectivity index (χ0) is 38.1. The van der Waals surface area contributed by atoms with Crippen LogP contribution in [0.1, 0.15) is 85.6 Å². The lowest BCUT2D eigenvalue weighted by atomic mass is 9.83. The Bertz CT molecular complexity index is 2160. The molecule has 4 N–H and O–H groups in total. The van der Waals surface area contributed by atoms with Gasteiger partial charge in [0.05, 0.1) is 64.1 Å². The summed E-state index contributed by atoms with van der Waals surface area (Å²) >= 11 is 0. The number of carbonyl (C=O) groups is 4. The highest BCUT2D eigenvalue weighted by atomic mass is 16.5. The van der Waals surface area contributed by atoms with Crippen molar-refractivity contribution in [2.24, 2.45) is 0 Å². The van der Waals surface area contributed by atoms with Gasteiger partial charge in [-0.05, 0) is 98.2 Å². The second-order valence-corrected chi connectivity index (χ2v) is 13.2. The fourth-order valence-corrected chi connectivity index (χ4v) is 6.50. The maximum atomic E-state index is 12.8. The van der Waals surface area contributed by atoms with E-state index in [0.29, 0.717) is 55.7 Å². The van der Waals surface area contributed by atoms with E-state index >= 15 is 0 Å². The van der Waals surface area contributed by atoms with Gasteiger partial charge in [0.2, 0.25) is 0 Å². The van der Waals surface area contributed by atoms with Crippen molar-refractivity contribution < 1.29 is 48.3 Å². The number of ether oxygens (including phenoxy) is 4. The van der Waals surface area contributed by atoms with E-state index in [1.165, 1.54) is 42.3 Å². The molecule has 0 saturated heterocycles. The minimum Gasteiger partial charge on any atom is -0.469 e. The van der Waals surface area contributed by atoms with Crippen LogP contribution in [0.3, 0.4) is 0 Å². The number of hydrogen-bond acceptors (Lipinski definition) is 12. The van der Waals surface area contributed by atoms with Crippen molar-refractivity contribution in [2.75, 3.05) is 28.4 Å². The van der Waals surface area contributed by atoms with E-state index in [0.717, 1.165) is 11.1 Å². The number of fused-ring (bicyclic) bond motifs is 8. The number of methoxy groups -OCH3 is 4. The summed E-state index contributed by atoms with van der Waals surface area (Å²) < 4.78 is 20.0. The van der Waals surface area contributed by atoms with Gasteiger partial charge in [0.15, 0.2) is 0 Å². The smallest absolute Gasteiger partial charge is 0.310 e. The Balaban J connectivity index is 2.02. The highest BCUT2D eigenvalue weighted by Crippen LogP contribution is 2.44. The number of nitrogens with zero attached hydrogens (tertiary/aromatic N) is 2. The molecule has 8 bridgehead atoms. The zero-order valence-electron chi connectivity index (χ0n) is 30.6. The van der Waals surface area contributed by atoms with Crippen LogP contribution in [-0.2, 0) is 75.0 Å². The van der Waals surface area contributed by atoms with Crippen LogP contribution in [0.25, 0.3) is 33.2 Å². The van der Waals surface area contributed by atoms with Crippen LogP contribution < -0.4 is 0 Å². The summed E-state index contributed by atoms with van der Waals surface area (Å²) in [6.45, 7) is 6.72. The third kappa shape index (κ3) is 7.08. The summed E-state index contributed by atoms with van der Waals surface area (Å²) in [5.74, 6) is -1.98. The highest BCUT2D eigenvalue weighted by Gasteiger charge is 2.51. The van der Waals surface area contributed by atoms with Gasteiger partial charge < -0.3 is 39.1 Å². The van der Waals surface area contributed by atoms with Gasteiger partial charge in [0.25, 0.3) is 0 Å². The van der Waals surface area contributed by atoms with Crippen LogP contribution in [0.5, 0.6) is 0 Å². The zero-order valence-corrected chi connectivity index (χ0v) is 30.6. The first kappa shape index (κ1) is 37.9. The van der Waals surface area contributed by atoms with Crippen molar-refractivity contribution in [2.45, 2.75) is 77.4 Å². The second kappa shape index (κ2) is 14.7. The van der Waals surface area contributed by atoms with Gasteiger partial charge in [-0.25, -0.2) is 4.98 Å². The maximum Gasteiger partial charge on any atom is 0.310 e. The predicted molar refractivity (Wildman–Crippen MR) is 190 cm³/mol. The van der Waals surface area contributed by atoms with Gasteiger partial charge in [-0.1, -0.05) is 0 Å². The summed E-state index contributed by atoms with van der Waals surface area (Å²) in [4.78, 5) is 66.8. The van der Waals surface area contributed by atoms with E-state index in [1.807, 2.05) is 13.8 Å². The summed E-state index contributed by atoms with van der Waals surface area (Å²) in [6, 6.07) is 6.78. The van der Waals surface area contributed by atoms with Gasteiger partial charge in [0.1, 0.15) is 11.2 Å². The molecule has 3 aromatic rings. The van der Waals surface area contributed by atoms with Crippen LogP contribution >= 0.6 is 0 Å². The molecule has 0 saturated carbocycles. The molecule has 3 aromatic heterocycles. The number of hydrogen-bond donors (Lipinski definition) is 4. The molecule has 52 heavy (non-hydrogen) atoms. The molecule has 0 aromatic carbocycles. The molecule has 2 unspecified atom stereocenters. The number of aromatic amines is 2. The number of rotatable bonds is 10. The van der Waals surface area contributed by atoms with Crippen LogP contribution in [-0.4, -0.2) is 82.5 Å².